The quantitative estimate of drug-likeness (QED) is 0.345. The van der Waals surface area contributed by atoms with Crippen molar-refractivity contribution in [3.8, 4) is 11.1 Å². The molecule has 10 heteroatoms. The molecule has 0 atom stereocenters. The summed E-state index contributed by atoms with van der Waals surface area (Å²) in [5, 5.41) is 14.8. The monoisotopic (exact) mass is 510 g/mol. The number of H-pyrrole nitrogens is 1. The second-order valence-corrected chi connectivity index (χ2v) is 9.09. The summed E-state index contributed by atoms with van der Waals surface area (Å²) >= 11 is 0. The van der Waals surface area contributed by atoms with Crippen LogP contribution in [-0.4, -0.2) is 57.4 Å². The molecule has 2 N–H and O–H groups in total. The number of anilines is 3. The zero-order valence-electron chi connectivity index (χ0n) is 20.6. The van der Waals surface area contributed by atoms with E-state index in [1.807, 2.05) is 36.7 Å². The summed E-state index contributed by atoms with van der Waals surface area (Å²) < 4.78 is 5.13. The van der Waals surface area contributed by atoms with Gasteiger partial charge >= 0.3 is 0 Å². The lowest BCUT2D eigenvalue weighted by molar-refractivity contribution is 0.102. The highest BCUT2D eigenvalue weighted by Gasteiger charge is 2.22. The second-order valence-electron chi connectivity index (χ2n) is 9.09. The third kappa shape index (κ3) is 4.68. The number of carbonyl (C=O) groups is 1. The molecule has 0 radical (unpaired) electrons. The lowest BCUT2D eigenvalue weighted by Crippen LogP contribution is -2.47. The zero-order valence-corrected chi connectivity index (χ0v) is 20.6. The van der Waals surface area contributed by atoms with Gasteiger partial charge in [0.1, 0.15) is 23.5 Å². The normalized spacial score (nSPS) is 13.4. The standard InChI is InChI=1S/C27H26N8O2.CH4/c1-17-25(18(2)37-33-17)27(36)32-21-4-3-5-22(13-21)34-8-10-35(11-9-34)26-23-12-19(20-14-30-31-15-20)6-7-24(23)28-16-29-26;/h3-7,12-16H,8-11H2,1-2H3,(H,30,31)(H,32,36);1H4. The Hall–Kier alpha value is -4.73. The molecule has 0 aliphatic carbocycles. The SMILES string of the molecule is C.Cc1noc(C)c1C(=O)Nc1cccc(N2CCN(c3ncnc4ccc(-c5cn[nH]c5)cc34)CC2)c1. The summed E-state index contributed by atoms with van der Waals surface area (Å²) in [5.74, 6) is 1.23. The van der Waals surface area contributed by atoms with Crippen molar-refractivity contribution in [1.82, 2.24) is 25.3 Å². The number of hydrogen-bond acceptors (Lipinski definition) is 8. The van der Waals surface area contributed by atoms with Gasteiger partial charge in [-0.15, -0.1) is 0 Å². The number of rotatable bonds is 5. The Morgan fingerprint density at radius 2 is 1.82 bits per heavy atom. The Morgan fingerprint density at radius 3 is 2.55 bits per heavy atom. The molecule has 5 aromatic rings. The second kappa shape index (κ2) is 10.3. The number of nitrogens with one attached hydrogen (secondary N) is 2. The highest BCUT2D eigenvalue weighted by Crippen LogP contribution is 2.30. The third-order valence-electron chi connectivity index (χ3n) is 6.75. The van der Waals surface area contributed by atoms with Crippen LogP contribution in [0.2, 0.25) is 0 Å². The number of carbonyl (C=O) groups excluding carboxylic acids is 1. The van der Waals surface area contributed by atoms with E-state index in [9.17, 15) is 4.79 Å². The molecule has 10 nitrogen and oxygen atoms in total. The summed E-state index contributed by atoms with van der Waals surface area (Å²) in [6.45, 7) is 6.79. The van der Waals surface area contributed by atoms with Gasteiger partial charge in [0.2, 0.25) is 0 Å². The van der Waals surface area contributed by atoms with Gasteiger partial charge in [0.05, 0.1) is 17.4 Å². The number of fused-ring (bicyclic) bond motifs is 1. The van der Waals surface area contributed by atoms with Gasteiger partial charge in [-0.3, -0.25) is 9.89 Å². The van der Waals surface area contributed by atoms with Crippen LogP contribution in [0.1, 0.15) is 29.2 Å². The summed E-state index contributed by atoms with van der Waals surface area (Å²) in [7, 11) is 0. The van der Waals surface area contributed by atoms with E-state index in [2.05, 4.69) is 58.6 Å². The topological polar surface area (TPSA) is 116 Å². The first-order valence-electron chi connectivity index (χ1n) is 12.1. The molecule has 1 aliphatic heterocycles. The molecule has 1 saturated heterocycles. The molecule has 6 rings (SSSR count). The van der Waals surface area contributed by atoms with Gasteiger partial charge in [-0.25, -0.2) is 9.97 Å². The molecule has 1 fully saturated rings. The fraction of sp³-hybridized carbons (Fsp3) is 0.250. The summed E-state index contributed by atoms with van der Waals surface area (Å²) in [5.41, 5.74) is 5.88. The largest absolute Gasteiger partial charge is 0.368 e. The number of aromatic amines is 1. The molecule has 0 unspecified atom stereocenters. The van der Waals surface area contributed by atoms with E-state index in [-0.39, 0.29) is 13.3 Å². The summed E-state index contributed by atoms with van der Waals surface area (Å²) in [4.78, 5) is 26.5. The Bertz CT molecular complexity index is 1550. The first-order valence-corrected chi connectivity index (χ1v) is 12.1. The number of benzene rings is 2. The average molecular weight is 511 g/mol. The lowest BCUT2D eigenvalue weighted by atomic mass is 10.1. The molecule has 38 heavy (non-hydrogen) atoms. The predicted molar refractivity (Wildman–Crippen MR) is 149 cm³/mol. The lowest BCUT2D eigenvalue weighted by Gasteiger charge is -2.37. The molecule has 0 spiro atoms. The number of piperazine rings is 1. The molecule has 194 valence electrons. The maximum Gasteiger partial charge on any atom is 0.261 e. The van der Waals surface area contributed by atoms with Crippen LogP contribution in [0.4, 0.5) is 17.2 Å². The van der Waals surface area contributed by atoms with Crippen LogP contribution >= 0.6 is 0 Å². The molecule has 1 amide bonds. The third-order valence-corrected chi connectivity index (χ3v) is 6.75. The number of aromatic nitrogens is 5. The first-order chi connectivity index (χ1) is 18.1. The Labute approximate surface area is 220 Å². The van der Waals surface area contributed by atoms with Crippen LogP contribution in [0.3, 0.4) is 0 Å². The average Bonchev–Trinajstić information content (AvgIpc) is 3.58. The number of hydrogen-bond donors (Lipinski definition) is 2. The van der Waals surface area contributed by atoms with Crippen molar-refractivity contribution in [3.63, 3.8) is 0 Å². The molecular weight excluding hydrogens is 480 g/mol. The van der Waals surface area contributed by atoms with E-state index < -0.39 is 0 Å². The van der Waals surface area contributed by atoms with Crippen LogP contribution in [0, 0.1) is 13.8 Å². The van der Waals surface area contributed by atoms with Crippen molar-refractivity contribution in [2.45, 2.75) is 21.3 Å². The molecule has 0 saturated carbocycles. The molecule has 2 aromatic carbocycles. The van der Waals surface area contributed by atoms with Crippen LogP contribution in [0.25, 0.3) is 22.0 Å². The van der Waals surface area contributed by atoms with E-state index in [4.69, 9.17) is 4.52 Å². The minimum atomic E-state index is -0.219. The van der Waals surface area contributed by atoms with Crippen molar-refractivity contribution in [3.05, 3.63) is 78.2 Å². The summed E-state index contributed by atoms with van der Waals surface area (Å²) in [6.07, 6.45) is 5.33. The van der Waals surface area contributed by atoms with E-state index in [0.29, 0.717) is 17.0 Å². The minimum Gasteiger partial charge on any atom is -0.368 e. The number of nitrogens with zero attached hydrogens (tertiary/aromatic N) is 6. The highest BCUT2D eigenvalue weighted by molar-refractivity contribution is 6.05. The van der Waals surface area contributed by atoms with Crippen molar-refractivity contribution in [1.29, 1.82) is 0 Å². The van der Waals surface area contributed by atoms with Crippen LogP contribution in [0.5, 0.6) is 0 Å². The minimum absolute atomic E-state index is 0. The van der Waals surface area contributed by atoms with Crippen LogP contribution < -0.4 is 15.1 Å². The van der Waals surface area contributed by atoms with Gasteiger partial charge in [0, 0.05) is 54.7 Å². The van der Waals surface area contributed by atoms with Gasteiger partial charge < -0.3 is 19.6 Å². The van der Waals surface area contributed by atoms with Crippen LogP contribution in [-0.2, 0) is 0 Å². The maximum absolute atomic E-state index is 12.8. The predicted octanol–water partition coefficient (Wildman–Crippen LogP) is 4.84. The number of amides is 1. The molecular formula is C28H30N8O2. The highest BCUT2D eigenvalue weighted by atomic mass is 16.5. The van der Waals surface area contributed by atoms with Crippen molar-refractivity contribution >= 4 is 34.0 Å². The van der Waals surface area contributed by atoms with E-state index in [0.717, 1.165) is 65.4 Å². The first kappa shape index (κ1) is 24.9. The Kier molecular flexibility index (Phi) is 6.78. The zero-order chi connectivity index (χ0) is 25.4. The van der Waals surface area contributed by atoms with Gasteiger partial charge in [-0.05, 0) is 49.7 Å². The van der Waals surface area contributed by atoms with Crippen LogP contribution in [0.15, 0.2) is 65.7 Å². The molecule has 4 heterocycles. The van der Waals surface area contributed by atoms with Crippen molar-refractivity contribution in [2.24, 2.45) is 0 Å². The fourth-order valence-corrected chi connectivity index (χ4v) is 4.84. The van der Waals surface area contributed by atoms with Crippen molar-refractivity contribution in [2.75, 3.05) is 41.3 Å². The van der Waals surface area contributed by atoms with Crippen molar-refractivity contribution < 1.29 is 9.32 Å². The summed E-state index contributed by atoms with van der Waals surface area (Å²) in [6, 6.07) is 14.1. The van der Waals surface area contributed by atoms with E-state index >= 15 is 0 Å². The molecule has 1 aliphatic rings. The van der Waals surface area contributed by atoms with Gasteiger partial charge in [0.25, 0.3) is 5.91 Å². The molecule has 3 aromatic heterocycles. The van der Waals surface area contributed by atoms with E-state index in [1.165, 1.54) is 0 Å². The Morgan fingerprint density at radius 1 is 1.00 bits per heavy atom. The smallest absolute Gasteiger partial charge is 0.261 e. The van der Waals surface area contributed by atoms with Gasteiger partial charge in [-0.1, -0.05) is 24.7 Å². The van der Waals surface area contributed by atoms with E-state index in [1.54, 1.807) is 20.2 Å². The number of aryl methyl sites for hydroxylation is 2. The fourth-order valence-electron chi connectivity index (χ4n) is 4.84. The maximum atomic E-state index is 12.8. The van der Waals surface area contributed by atoms with Gasteiger partial charge in [0.15, 0.2) is 0 Å². The molecule has 0 bridgehead atoms. The Balaban J connectivity index is 0.00000294. The van der Waals surface area contributed by atoms with Gasteiger partial charge in [-0.2, -0.15) is 5.10 Å².